The first-order valence-electron chi connectivity index (χ1n) is 6.07. The number of rotatable bonds is 8. The molecule has 0 saturated carbocycles. The van der Waals surface area contributed by atoms with Crippen molar-refractivity contribution in [2.24, 2.45) is 5.73 Å². The number of unbranched alkanes of at least 4 members (excludes halogenated alkanes) is 1. The monoisotopic (exact) mass is 256 g/mol. The predicted molar refractivity (Wildman–Crippen MR) is 72.2 cm³/mol. The molecule has 0 aromatic rings. The van der Waals surface area contributed by atoms with Crippen LogP contribution in [0.4, 0.5) is 0 Å². The van der Waals surface area contributed by atoms with E-state index in [1.165, 1.54) is 6.92 Å². The summed E-state index contributed by atoms with van der Waals surface area (Å²) in [6.45, 7) is 5.19. The zero-order chi connectivity index (χ0) is 14.0. The number of guanidine groups is 1. The van der Waals surface area contributed by atoms with Crippen molar-refractivity contribution in [2.45, 2.75) is 26.7 Å². The van der Waals surface area contributed by atoms with Crippen LogP contribution in [0.3, 0.4) is 0 Å². The highest BCUT2D eigenvalue weighted by atomic mass is 16.3. The van der Waals surface area contributed by atoms with Gasteiger partial charge >= 0.3 is 0 Å². The summed E-state index contributed by atoms with van der Waals surface area (Å²) in [6, 6.07) is 0. The summed E-state index contributed by atoms with van der Waals surface area (Å²) in [5.74, 6) is -0.00329. The molecule has 0 rings (SSSR count). The first kappa shape index (κ1) is 16.4. The van der Waals surface area contributed by atoms with Gasteiger partial charge in [0.25, 0.3) is 0 Å². The molecule has 18 heavy (non-hydrogen) atoms. The number of carbonyl (C=O) groups excluding carboxylic acids is 1. The van der Waals surface area contributed by atoms with Crippen molar-refractivity contribution in [3.05, 3.63) is 11.6 Å². The van der Waals surface area contributed by atoms with Gasteiger partial charge in [-0.1, -0.05) is 11.6 Å². The molecule has 0 aliphatic carbocycles. The molecule has 6 nitrogen and oxygen atoms in total. The SMILES string of the molecule is CC(=O)NCCCCN(C/C=C(/C)CO)C(=N)N. The van der Waals surface area contributed by atoms with E-state index in [0.717, 1.165) is 18.4 Å². The van der Waals surface area contributed by atoms with Gasteiger partial charge in [0.05, 0.1) is 6.61 Å². The van der Waals surface area contributed by atoms with Crippen molar-refractivity contribution in [1.82, 2.24) is 10.2 Å². The molecule has 6 heteroatoms. The quantitative estimate of drug-likeness (QED) is 0.213. The van der Waals surface area contributed by atoms with Crippen LogP contribution >= 0.6 is 0 Å². The van der Waals surface area contributed by atoms with E-state index < -0.39 is 0 Å². The van der Waals surface area contributed by atoms with Gasteiger partial charge in [0.2, 0.25) is 5.91 Å². The molecule has 0 saturated heterocycles. The fourth-order valence-electron chi connectivity index (χ4n) is 1.33. The maximum Gasteiger partial charge on any atom is 0.216 e. The highest BCUT2D eigenvalue weighted by Gasteiger charge is 2.04. The smallest absolute Gasteiger partial charge is 0.216 e. The Bertz CT molecular complexity index is 302. The number of amides is 1. The second kappa shape index (κ2) is 9.47. The third-order valence-electron chi connectivity index (χ3n) is 2.48. The number of hydrogen-bond acceptors (Lipinski definition) is 3. The maximum absolute atomic E-state index is 10.7. The maximum atomic E-state index is 10.7. The Labute approximate surface area is 108 Å². The van der Waals surface area contributed by atoms with Crippen LogP contribution in [0.5, 0.6) is 0 Å². The van der Waals surface area contributed by atoms with Crippen molar-refractivity contribution in [1.29, 1.82) is 5.41 Å². The van der Waals surface area contributed by atoms with Crippen LogP contribution in [0, 0.1) is 5.41 Å². The topological polar surface area (TPSA) is 102 Å². The highest BCUT2D eigenvalue weighted by molar-refractivity contribution is 5.74. The molecule has 0 spiro atoms. The lowest BCUT2D eigenvalue weighted by Crippen LogP contribution is -2.37. The molecule has 0 radical (unpaired) electrons. The van der Waals surface area contributed by atoms with Crippen LogP contribution in [0.15, 0.2) is 11.6 Å². The summed E-state index contributed by atoms with van der Waals surface area (Å²) < 4.78 is 0. The summed E-state index contributed by atoms with van der Waals surface area (Å²) in [5.41, 5.74) is 6.34. The van der Waals surface area contributed by atoms with Gasteiger partial charge in [0, 0.05) is 26.6 Å². The Balaban J connectivity index is 3.91. The van der Waals surface area contributed by atoms with E-state index in [-0.39, 0.29) is 18.5 Å². The average molecular weight is 256 g/mol. The Morgan fingerprint density at radius 1 is 1.44 bits per heavy atom. The standard InChI is InChI=1S/C12H24N4O2/c1-10(9-17)5-8-16(12(13)14)7-4-3-6-15-11(2)18/h5,17H,3-4,6-9H2,1-2H3,(H3,13,14)(H,15,18)/b10-5-. The second-order valence-corrected chi connectivity index (χ2v) is 4.23. The van der Waals surface area contributed by atoms with Crippen LogP contribution in [-0.4, -0.2) is 48.1 Å². The normalized spacial score (nSPS) is 11.2. The van der Waals surface area contributed by atoms with Gasteiger partial charge in [-0.2, -0.15) is 0 Å². The largest absolute Gasteiger partial charge is 0.392 e. The number of nitrogens with one attached hydrogen (secondary N) is 2. The molecule has 0 aromatic heterocycles. The molecule has 104 valence electrons. The van der Waals surface area contributed by atoms with E-state index in [4.69, 9.17) is 16.2 Å². The zero-order valence-electron chi connectivity index (χ0n) is 11.2. The Morgan fingerprint density at radius 2 is 2.11 bits per heavy atom. The van der Waals surface area contributed by atoms with Crippen molar-refractivity contribution in [3.8, 4) is 0 Å². The minimum absolute atomic E-state index is 0.0221. The van der Waals surface area contributed by atoms with Gasteiger partial charge in [-0.15, -0.1) is 0 Å². The number of nitrogens with two attached hydrogens (primary N) is 1. The molecule has 0 bridgehead atoms. The number of nitrogens with zero attached hydrogens (tertiary/aromatic N) is 1. The Kier molecular flexibility index (Phi) is 8.65. The first-order chi connectivity index (χ1) is 8.47. The lowest BCUT2D eigenvalue weighted by molar-refractivity contribution is -0.118. The minimum Gasteiger partial charge on any atom is -0.392 e. The molecule has 0 aliphatic heterocycles. The van der Waals surface area contributed by atoms with Crippen LogP contribution in [-0.2, 0) is 4.79 Å². The molecule has 0 heterocycles. The molecule has 0 fully saturated rings. The number of carbonyl (C=O) groups is 1. The lowest BCUT2D eigenvalue weighted by atomic mass is 10.2. The molecule has 0 aliphatic rings. The van der Waals surface area contributed by atoms with Crippen LogP contribution in [0.2, 0.25) is 0 Å². The van der Waals surface area contributed by atoms with Gasteiger partial charge in [-0.05, 0) is 19.8 Å². The van der Waals surface area contributed by atoms with Crippen molar-refractivity contribution < 1.29 is 9.90 Å². The average Bonchev–Trinajstić information content (AvgIpc) is 2.31. The Morgan fingerprint density at radius 3 is 2.61 bits per heavy atom. The van der Waals surface area contributed by atoms with E-state index >= 15 is 0 Å². The predicted octanol–water partition coefficient (Wildman–Crippen LogP) is 0.0368. The highest BCUT2D eigenvalue weighted by Crippen LogP contribution is 1.97. The summed E-state index contributed by atoms with van der Waals surface area (Å²) in [6.07, 6.45) is 3.56. The summed E-state index contributed by atoms with van der Waals surface area (Å²) in [5, 5.41) is 19.0. The van der Waals surface area contributed by atoms with Crippen molar-refractivity contribution in [3.63, 3.8) is 0 Å². The molecule has 0 atom stereocenters. The van der Waals surface area contributed by atoms with E-state index in [1.54, 1.807) is 4.90 Å². The number of aliphatic hydroxyl groups is 1. The number of aliphatic hydroxyl groups excluding tert-OH is 1. The van der Waals surface area contributed by atoms with E-state index in [1.807, 2.05) is 13.0 Å². The summed E-state index contributed by atoms with van der Waals surface area (Å²) in [4.78, 5) is 12.4. The Hall–Kier alpha value is -1.56. The molecular weight excluding hydrogens is 232 g/mol. The molecular formula is C12H24N4O2. The minimum atomic E-state index is -0.0278. The molecule has 0 unspecified atom stereocenters. The van der Waals surface area contributed by atoms with Crippen LogP contribution in [0.1, 0.15) is 26.7 Å². The van der Waals surface area contributed by atoms with E-state index in [9.17, 15) is 4.79 Å². The molecule has 1 amide bonds. The summed E-state index contributed by atoms with van der Waals surface area (Å²) in [7, 11) is 0. The second-order valence-electron chi connectivity index (χ2n) is 4.23. The third-order valence-corrected chi connectivity index (χ3v) is 2.48. The fourth-order valence-corrected chi connectivity index (χ4v) is 1.33. The fraction of sp³-hybridized carbons (Fsp3) is 0.667. The van der Waals surface area contributed by atoms with E-state index in [0.29, 0.717) is 19.6 Å². The third kappa shape index (κ3) is 8.58. The van der Waals surface area contributed by atoms with Gasteiger partial charge < -0.3 is 21.1 Å². The molecule has 0 aromatic carbocycles. The van der Waals surface area contributed by atoms with Crippen LogP contribution in [0.25, 0.3) is 0 Å². The summed E-state index contributed by atoms with van der Waals surface area (Å²) >= 11 is 0. The zero-order valence-corrected chi connectivity index (χ0v) is 11.2. The van der Waals surface area contributed by atoms with Crippen molar-refractivity contribution >= 4 is 11.9 Å². The van der Waals surface area contributed by atoms with E-state index in [2.05, 4.69) is 5.32 Å². The lowest BCUT2D eigenvalue weighted by Gasteiger charge is -2.21. The van der Waals surface area contributed by atoms with Gasteiger partial charge in [-0.3, -0.25) is 10.2 Å². The van der Waals surface area contributed by atoms with Gasteiger partial charge in [-0.25, -0.2) is 0 Å². The first-order valence-corrected chi connectivity index (χ1v) is 6.07. The number of hydrogen-bond donors (Lipinski definition) is 4. The van der Waals surface area contributed by atoms with Gasteiger partial charge in [0.1, 0.15) is 0 Å². The van der Waals surface area contributed by atoms with Crippen molar-refractivity contribution in [2.75, 3.05) is 26.2 Å². The van der Waals surface area contributed by atoms with Crippen LogP contribution < -0.4 is 11.1 Å². The molecule has 5 N–H and O–H groups in total. The van der Waals surface area contributed by atoms with Gasteiger partial charge in [0.15, 0.2) is 5.96 Å².